The third-order valence-corrected chi connectivity index (χ3v) is 3.78. The van der Waals surface area contributed by atoms with E-state index in [1.807, 2.05) is 27.7 Å². The summed E-state index contributed by atoms with van der Waals surface area (Å²) in [6, 6.07) is 0. The number of carbonyl (C=O) groups excluding carboxylic acids is 1. The molecule has 0 spiro atoms. The van der Waals surface area contributed by atoms with E-state index in [1.165, 1.54) is 0 Å². The molecule has 116 valence electrons. The van der Waals surface area contributed by atoms with Crippen LogP contribution in [0.25, 0.3) is 0 Å². The highest BCUT2D eigenvalue weighted by molar-refractivity contribution is 5.70. The van der Waals surface area contributed by atoms with E-state index in [0.717, 1.165) is 12.8 Å². The first-order valence-electron chi connectivity index (χ1n) is 7.49. The van der Waals surface area contributed by atoms with Crippen LogP contribution in [0.4, 0.5) is 0 Å². The number of rotatable bonds is 4. The molecule has 2 heterocycles. The van der Waals surface area contributed by atoms with Gasteiger partial charge in [0.25, 0.3) is 0 Å². The fourth-order valence-corrected chi connectivity index (χ4v) is 2.89. The van der Waals surface area contributed by atoms with E-state index in [4.69, 9.17) is 14.2 Å². The second-order valence-electron chi connectivity index (χ2n) is 6.80. The zero-order chi connectivity index (χ0) is 14.9. The monoisotopic (exact) mass is 286 g/mol. The number of ether oxygens (including phenoxy) is 3. The SMILES string of the molecule is CC[C@H](O)[C@H]1C[C@@H]2C[C@@H](CC(=O)OC(C)(C)C)O[C@@H]2O1. The van der Waals surface area contributed by atoms with Crippen molar-refractivity contribution in [1.82, 2.24) is 0 Å². The molecule has 5 nitrogen and oxygen atoms in total. The number of aliphatic hydroxyl groups is 1. The van der Waals surface area contributed by atoms with Gasteiger partial charge in [-0.15, -0.1) is 0 Å². The topological polar surface area (TPSA) is 65.0 Å². The number of hydrogen-bond donors (Lipinski definition) is 1. The van der Waals surface area contributed by atoms with E-state index in [0.29, 0.717) is 6.42 Å². The summed E-state index contributed by atoms with van der Waals surface area (Å²) >= 11 is 0. The summed E-state index contributed by atoms with van der Waals surface area (Å²) < 4.78 is 16.8. The van der Waals surface area contributed by atoms with E-state index < -0.39 is 11.7 Å². The van der Waals surface area contributed by atoms with Crippen molar-refractivity contribution in [3.8, 4) is 0 Å². The molecule has 20 heavy (non-hydrogen) atoms. The maximum atomic E-state index is 11.8. The van der Waals surface area contributed by atoms with Gasteiger partial charge in [0.2, 0.25) is 0 Å². The standard InChI is InChI=1S/C15H26O5/c1-5-11(16)12-7-9-6-10(18-14(9)19-12)8-13(17)20-15(2,3)4/h9-12,14,16H,5-8H2,1-4H3/t9-,10-,11-,12+,14+/m0/s1. The van der Waals surface area contributed by atoms with Crippen molar-refractivity contribution in [2.75, 3.05) is 0 Å². The summed E-state index contributed by atoms with van der Waals surface area (Å²) in [4.78, 5) is 11.8. The van der Waals surface area contributed by atoms with Gasteiger partial charge in [0, 0.05) is 5.92 Å². The molecule has 0 unspecified atom stereocenters. The van der Waals surface area contributed by atoms with Crippen molar-refractivity contribution in [3.63, 3.8) is 0 Å². The van der Waals surface area contributed by atoms with Crippen LogP contribution in [0.15, 0.2) is 0 Å². The van der Waals surface area contributed by atoms with Crippen LogP contribution in [0.2, 0.25) is 0 Å². The first-order valence-corrected chi connectivity index (χ1v) is 7.49. The number of aliphatic hydroxyl groups excluding tert-OH is 1. The van der Waals surface area contributed by atoms with Crippen LogP contribution in [0, 0.1) is 5.92 Å². The van der Waals surface area contributed by atoms with E-state index in [2.05, 4.69) is 0 Å². The minimum atomic E-state index is -0.460. The molecule has 0 saturated carbocycles. The number of fused-ring (bicyclic) bond motifs is 1. The molecule has 2 fully saturated rings. The Balaban J connectivity index is 1.77. The summed E-state index contributed by atoms with van der Waals surface area (Å²) in [6.07, 6.45) is 1.63. The molecule has 0 aromatic carbocycles. The van der Waals surface area contributed by atoms with Crippen molar-refractivity contribution in [2.24, 2.45) is 5.92 Å². The molecule has 2 aliphatic heterocycles. The van der Waals surface area contributed by atoms with Gasteiger partial charge in [0.1, 0.15) is 5.60 Å². The Bertz CT molecular complexity index is 335. The van der Waals surface area contributed by atoms with E-state index in [-0.39, 0.29) is 36.8 Å². The van der Waals surface area contributed by atoms with Crippen LogP contribution < -0.4 is 0 Å². The minimum Gasteiger partial charge on any atom is -0.460 e. The Kier molecular flexibility index (Phi) is 4.72. The van der Waals surface area contributed by atoms with Gasteiger partial charge in [-0.2, -0.15) is 0 Å². The molecule has 2 saturated heterocycles. The Labute approximate surface area is 120 Å². The molecule has 2 aliphatic rings. The highest BCUT2D eigenvalue weighted by atomic mass is 16.7. The third kappa shape index (κ3) is 3.93. The first kappa shape index (κ1) is 15.7. The van der Waals surface area contributed by atoms with Crippen LogP contribution in [0.3, 0.4) is 0 Å². The van der Waals surface area contributed by atoms with Crippen molar-refractivity contribution in [3.05, 3.63) is 0 Å². The quantitative estimate of drug-likeness (QED) is 0.801. The summed E-state index contributed by atoms with van der Waals surface area (Å²) in [5.41, 5.74) is -0.460. The van der Waals surface area contributed by atoms with Gasteiger partial charge in [-0.05, 0) is 40.0 Å². The highest BCUT2D eigenvalue weighted by Gasteiger charge is 2.46. The lowest BCUT2D eigenvalue weighted by Gasteiger charge is -2.22. The number of esters is 1. The summed E-state index contributed by atoms with van der Waals surface area (Å²) in [7, 11) is 0. The Morgan fingerprint density at radius 1 is 1.35 bits per heavy atom. The summed E-state index contributed by atoms with van der Waals surface area (Å²) in [5.74, 6) is 0.0567. The van der Waals surface area contributed by atoms with Crippen LogP contribution in [-0.4, -0.2) is 41.3 Å². The molecule has 0 radical (unpaired) electrons. The lowest BCUT2D eigenvalue weighted by atomic mass is 9.96. The lowest BCUT2D eigenvalue weighted by Crippen LogP contribution is -2.29. The van der Waals surface area contributed by atoms with Crippen molar-refractivity contribution >= 4 is 5.97 Å². The lowest BCUT2D eigenvalue weighted by molar-refractivity contribution is -0.171. The average Bonchev–Trinajstić information content (AvgIpc) is 2.82. The Morgan fingerprint density at radius 2 is 2.05 bits per heavy atom. The smallest absolute Gasteiger partial charge is 0.308 e. The van der Waals surface area contributed by atoms with Crippen molar-refractivity contribution in [2.45, 2.75) is 83.6 Å². The molecule has 5 heteroatoms. The molecule has 0 aliphatic carbocycles. The first-order chi connectivity index (χ1) is 9.28. The molecule has 1 N–H and O–H groups in total. The van der Waals surface area contributed by atoms with Crippen LogP contribution in [-0.2, 0) is 19.0 Å². The fourth-order valence-electron chi connectivity index (χ4n) is 2.89. The average molecular weight is 286 g/mol. The van der Waals surface area contributed by atoms with E-state index >= 15 is 0 Å². The normalized spacial score (nSPS) is 34.9. The van der Waals surface area contributed by atoms with Gasteiger partial charge in [-0.3, -0.25) is 4.79 Å². The van der Waals surface area contributed by atoms with Gasteiger partial charge < -0.3 is 19.3 Å². The summed E-state index contributed by atoms with van der Waals surface area (Å²) in [6.45, 7) is 7.51. The minimum absolute atomic E-state index is 0.125. The molecule has 0 aromatic rings. The van der Waals surface area contributed by atoms with Gasteiger partial charge >= 0.3 is 5.97 Å². The van der Waals surface area contributed by atoms with Gasteiger partial charge in [-0.25, -0.2) is 0 Å². The molecule has 5 atom stereocenters. The van der Waals surface area contributed by atoms with E-state index in [9.17, 15) is 9.90 Å². The number of carbonyl (C=O) groups is 1. The molecular formula is C15H26O5. The maximum Gasteiger partial charge on any atom is 0.308 e. The molecule has 0 bridgehead atoms. The van der Waals surface area contributed by atoms with Gasteiger partial charge in [-0.1, -0.05) is 6.92 Å². The predicted molar refractivity (Wildman–Crippen MR) is 73.0 cm³/mol. The summed E-state index contributed by atoms with van der Waals surface area (Å²) in [5, 5.41) is 9.80. The zero-order valence-electron chi connectivity index (χ0n) is 12.8. The Hall–Kier alpha value is -0.650. The van der Waals surface area contributed by atoms with Crippen LogP contribution in [0.5, 0.6) is 0 Å². The largest absolute Gasteiger partial charge is 0.460 e. The maximum absolute atomic E-state index is 11.8. The fraction of sp³-hybridized carbons (Fsp3) is 0.933. The van der Waals surface area contributed by atoms with Crippen molar-refractivity contribution < 1.29 is 24.1 Å². The molecule has 0 amide bonds. The molecular weight excluding hydrogens is 260 g/mol. The van der Waals surface area contributed by atoms with Gasteiger partial charge in [0.15, 0.2) is 6.29 Å². The number of hydrogen-bond acceptors (Lipinski definition) is 5. The molecule has 2 rings (SSSR count). The zero-order valence-corrected chi connectivity index (χ0v) is 12.8. The second kappa shape index (κ2) is 6.00. The third-order valence-electron chi connectivity index (χ3n) is 3.78. The van der Waals surface area contributed by atoms with E-state index in [1.54, 1.807) is 0 Å². The van der Waals surface area contributed by atoms with Gasteiger partial charge in [0.05, 0.1) is 24.7 Å². The van der Waals surface area contributed by atoms with Crippen LogP contribution >= 0.6 is 0 Å². The second-order valence-corrected chi connectivity index (χ2v) is 6.80. The van der Waals surface area contributed by atoms with Crippen molar-refractivity contribution in [1.29, 1.82) is 0 Å². The molecule has 0 aromatic heterocycles. The predicted octanol–water partition coefficient (Wildman–Crippen LogP) is 2.01. The van der Waals surface area contributed by atoms with Crippen LogP contribution in [0.1, 0.15) is 53.4 Å². The Morgan fingerprint density at radius 3 is 2.60 bits per heavy atom. The highest BCUT2D eigenvalue weighted by Crippen LogP contribution is 2.40.